The lowest BCUT2D eigenvalue weighted by atomic mass is 10.0. The number of nitrogens with two attached hydrogens (primary N) is 1. The van der Waals surface area contributed by atoms with Crippen LogP contribution in [0.2, 0.25) is 0 Å². The van der Waals surface area contributed by atoms with Gasteiger partial charge in [-0.2, -0.15) is 0 Å². The lowest BCUT2D eigenvalue weighted by Crippen LogP contribution is -2.18. The molecule has 0 saturated carbocycles. The summed E-state index contributed by atoms with van der Waals surface area (Å²) in [6, 6.07) is 4.28. The number of carbonyl (C=O) groups excluding carboxylic acids is 1. The molecule has 7 nitrogen and oxygen atoms in total. The van der Waals surface area contributed by atoms with Crippen LogP contribution >= 0.6 is 11.3 Å². The van der Waals surface area contributed by atoms with E-state index in [4.69, 9.17) is 15.0 Å². The number of aryl methyl sites for hydroxylation is 1. The van der Waals surface area contributed by atoms with Gasteiger partial charge < -0.3 is 20.1 Å². The zero-order valence-corrected chi connectivity index (χ0v) is 16.4. The minimum Gasteiger partial charge on any atom is -0.492 e. The maximum Gasteiger partial charge on any atom is 0.277 e. The molecule has 1 amide bonds. The molecule has 9 heteroatoms. The minimum absolute atomic E-state index is 0.0503. The largest absolute Gasteiger partial charge is 0.492 e. The molecule has 29 heavy (non-hydrogen) atoms. The van der Waals surface area contributed by atoms with Crippen LogP contribution in [0.4, 0.5) is 4.39 Å². The molecule has 1 atom stereocenters. The van der Waals surface area contributed by atoms with E-state index in [0.717, 1.165) is 4.88 Å². The second-order valence-corrected chi connectivity index (χ2v) is 7.81. The van der Waals surface area contributed by atoms with Gasteiger partial charge in [-0.05, 0) is 19.9 Å². The molecule has 0 radical (unpaired) electrons. The Kier molecular flexibility index (Phi) is 4.61. The second kappa shape index (κ2) is 6.99. The minimum atomic E-state index is -1.63. The van der Waals surface area contributed by atoms with E-state index in [0.29, 0.717) is 35.8 Å². The van der Waals surface area contributed by atoms with Gasteiger partial charge in [0, 0.05) is 29.0 Å². The van der Waals surface area contributed by atoms with Crippen LogP contribution in [0.1, 0.15) is 38.6 Å². The zero-order chi connectivity index (χ0) is 20.8. The number of primary amides is 1. The standard InChI is InChI=1S/C20H16FN3O4S/c1-10-7-16(24-28-10)20(2,26)5-3-11-8-12-14(9-13(11)21)27-6-4-15-17(12)23-19(29-15)18(22)25/h7-9,26H,4,6H2,1-2H3,(H2,22,25). The van der Waals surface area contributed by atoms with Crippen molar-refractivity contribution in [1.82, 2.24) is 10.1 Å². The highest BCUT2D eigenvalue weighted by Gasteiger charge is 2.26. The van der Waals surface area contributed by atoms with Gasteiger partial charge in [0.1, 0.15) is 23.0 Å². The molecule has 4 rings (SSSR count). The number of aliphatic hydroxyl groups is 1. The Morgan fingerprint density at radius 3 is 2.90 bits per heavy atom. The molecule has 0 saturated heterocycles. The van der Waals surface area contributed by atoms with Crippen LogP contribution in [-0.2, 0) is 12.0 Å². The molecular weight excluding hydrogens is 397 g/mol. The Balaban J connectivity index is 1.79. The molecule has 3 N–H and O–H groups in total. The summed E-state index contributed by atoms with van der Waals surface area (Å²) in [5, 5.41) is 14.5. The summed E-state index contributed by atoms with van der Waals surface area (Å²) in [5.41, 5.74) is 5.04. The SMILES string of the molecule is Cc1cc(C(C)(O)C#Cc2cc3c(cc2F)OCCc2sc(C(N)=O)nc2-3)no1. The third-order valence-corrected chi connectivity index (χ3v) is 5.52. The third-order valence-electron chi connectivity index (χ3n) is 4.39. The first kappa shape index (κ1) is 19.1. The van der Waals surface area contributed by atoms with Crippen LogP contribution < -0.4 is 10.5 Å². The fourth-order valence-electron chi connectivity index (χ4n) is 2.89. The number of hydrogen-bond donors (Lipinski definition) is 2. The molecule has 3 aromatic rings. The molecule has 1 aliphatic heterocycles. The maximum atomic E-state index is 14.6. The van der Waals surface area contributed by atoms with Crippen molar-refractivity contribution >= 4 is 17.2 Å². The number of amides is 1. The average Bonchev–Trinajstić information content (AvgIpc) is 3.25. The van der Waals surface area contributed by atoms with Gasteiger partial charge in [0.05, 0.1) is 17.9 Å². The number of nitrogens with zero attached hydrogens (tertiary/aromatic N) is 2. The summed E-state index contributed by atoms with van der Waals surface area (Å²) in [4.78, 5) is 16.6. The van der Waals surface area contributed by atoms with E-state index in [1.807, 2.05) is 0 Å². The van der Waals surface area contributed by atoms with Crippen molar-refractivity contribution < 1.29 is 23.6 Å². The Morgan fingerprint density at radius 2 is 2.21 bits per heavy atom. The van der Waals surface area contributed by atoms with Crippen molar-refractivity contribution in [2.75, 3.05) is 6.61 Å². The Bertz CT molecular complexity index is 1190. The molecular formula is C20H16FN3O4S. The first-order chi connectivity index (χ1) is 13.7. The Hall–Kier alpha value is -3.22. The number of hydrogen-bond acceptors (Lipinski definition) is 7. The number of carbonyl (C=O) groups is 1. The molecule has 0 fully saturated rings. The molecule has 1 aliphatic rings. The van der Waals surface area contributed by atoms with E-state index in [-0.39, 0.29) is 16.3 Å². The summed E-state index contributed by atoms with van der Waals surface area (Å²) >= 11 is 1.19. The quantitative estimate of drug-likeness (QED) is 0.625. The first-order valence-electron chi connectivity index (χ1n) is 8.70. The maximum absolute atomic E-state index is 14.6. The summed E-state index contributed by atoms with van der Waals surface area (Å²) in [7, 11) is 0. The van der Waals surface area contributed by atoms with E-state index < -0.39 is 17.3 Å². The van der Waals surface area contributed by atoms with Gasteiger partial charge in [-0.25, -0.2) is 9.37 Å². The summed E-state index contributed by atoms with van der Waals surface area (Å²) in [5.74, 6) is 4.91. The average molecular weight is 413 g/mol. The van der Waals surface area contributed by atoms with Crippen LogP contribution in [0.25, 0.3) is 11.3 Å². The van der Waals surface area contributed by atoms with Crippen molar-refractivity contribution in [3.05, 3.63) is 50.9 Å². The lowest BCUT2D eigenvalue weighted by molar-refractivity contribution is 0.0999. The number of aromatic nitrogens is 2. The van der Waals surface area contributed by atoms with Gasteiger partial charge in [0.2, 0.25) is 0 Å². The number of benzene rings is 1. The molecule has 0 spiro atoms. The van der Waals surface area contributed by atoms with Crippen molar-refractivity contribution in [3.63, 3.8) is 0 Å². The molecule has 0 bridgehead atoms. The normalized spacial score (nSPS) is 14.5. The molecule has 0 aliphatic carbocycles. The van der Waals surface area contributed by atoms with Gasteiger partial charge >= 0.3 is 0 Å². The van der Waals surface area contributed by atoms with Crippen LogP contribution in [0.3, 0.4) is 0 Å². The summed E-state index contributed by atoms with van der Waals surface area (Å²) < 4.78 is 25.2. The van der Waals surface area contributed by atoms with Crippen molar-refractivity contribution in [2.45, 2.75) is 25.9 Å². The molecule has 1 aromatic carbocycles. The number of thiazole rings is 1. The summed E-state index contributed by atoms with van der Waals surface area (Å²) in [6.45, 7) is 3.46. The fourth-order valence-corrected chi connectivity index (χ4v) is 3.80. The monoisotopic (exact) mass is 413 g/mol. The van der Waals surface area contributed by atoms with Gasteiger partial charge in [0.25, 0.3) is 5.91 Å². The van der Waals surface area contributed by atoms with E-state index in [9.17, 15) is 14.3 Å². The van der Waals surface area contributed by atoms with Gasteiger partial charge in [0.15, 0.2) is 10.6 Å². The van der Waals surface area contributed by atoms with Gasteiger partial charge in [-0.1, -0.05) is 17.0 Å². The molecule has 2 aromatic heterocycles. The second-order valence-electron chi connectivity index (χ2n) is 6.73. The van der Waals surface area contributed by atoms with Crippen LogP contribution in [0.15, 0.2) is 22.7 Å². The topological polar surface area (TPSA) is 111 Å². The molecule has 148 valence electrons. The highest BCUT2D eigenvalue weighted by Crippen LogP contribution is 2.38. The van der Waals surface area contributed by atoms with Gasteiger partial charge in [-0.3, -0.25) is 4.79 Å². The van der Waals surface area contributed by atoms with E-state index in [1.165, 1.54) is 30.4 Å². The fraction of sp³-hybridized carbons (Fsp3) is 0.250. The highest BCUT2D eigenvalue weighted by molar-refractivity contribution is 7.14. The highest BCUT2D eigenvalue weighted by atomic mass is 32.1. The number of rotatable bonds is 2. The van der Waals surface area contributed by atoms with Crippen molar-refractivity contribution in [1.29, 1.82) is 0 Å². The number of ether oxygens (including phenoxy) is 1. The Labute approximate surface area is 169 Å². The van der Waals surface area contributed by atoms with Crippen molar-refractivity contribution in [2.24, 2.45) is 5.73 Å². The lowest BCUT2D eigenvalue weighted by Gasteiger charge is -2.12. The molecule has 1 unspecified atom stereocenters. The van der Waals surface area contributed by atoms with Crippen LogP contribution in [-0.4, -0.2) is 27.8 Å². The van der Waals surface area contributed by atoms with Crippen LogP contribution in [0, 0.1) is 24.6 Å². The molecule has 3 heterocycles. The van der Waals surface area contributed by atoms with E-state index in [2.05, 4.69) is 22.0 Å². The first-order valence-corrected chi connectivity index (χ1v) is 9.52. The smallest absolute Gasteiger partial charge is 0.277 e. The number of halogens is 1. The zero-order valence-electron chi connectivity index (χ0n) is 15.6. The van der Waals surface area contributed by atoms with Crippen LogP contribution in [0.5, 0.6) is 5.75 Å². The van der Waals surface area contributed by atoms with E-state index >= 15 is 0 Å². The predicted octanol–water partition coefficient (Wildman–Crippen LogP) is 2.54. The van der Waals surface area contributed by atoms with Crippen molar-refractivity contribution in [3.8, 4) is 28.8 Å². The predicted molar refractivity (Wildman–Crippen MR) is 103 cm³/mol. The summed E-state index contributed by atoms with van der Waals surface area (Å²) in [6.07, 6.45) is 0.526. The third kappa shape index (κ3) is 3.60. The number of fused-ring (bicyclic) bond motifs is 3. The Morgan fingerprint density at radius 1 is 1.41 bits per heavy atom. The van der Waals surface area contributed by atoms with E-state index in [1.54, 1.807) is 13.0 Å². The van der Waals surface area contributed by atoms with Gasteiger partial charge in [-0.15, -0.1) is 11.3 Å².